The summed E-state index contributed by atoms with van der Waals surface area (Å²) in [5, 5.41) is 5.62. The van der Waals surface area contributed by atoms with Crippen LogP contribution < -0.4 is 10.6 Å². The van der Waals surface area contributed by atoms with E-state index in [-0.39, 0.29) is 28.2 Å². The molecule has 0 radical (unpaired) electrons. The molecule has 6 nitrogen and oxygen atoms in total. The molecular formula is C20H21ClN2O4S2. The Morgan fingerprint density at radius 3 is 2.69 bits per heavy atom. The van der Waals surface area contributed by atoms with Gasteiger partial charge in [-0.05, 0) is 49.2 Å². The van der Waals surface area contributed by atoms with Crippen molar-refractivity contribution in [3.8, 4) is 0 Å². The summed E-state index contributed by atoms with van der Waals surface area (Å²) >= 11 is 7.51. The molecule has 0 saturated heterocycles. The molecule has 2 aromatic carbocycles. The Morgan fingerprint density at radius 1 is 1.24 bits per heavy atom. The second-order valence-corrected chi connectivity index (χ2v) is 10.5. The number of hydrogen-bond donors (Lipinski definition) is 2. The van der Waals surface area contributed by atoms with Gasteiger partial charge in [-0.2, -0.15) is 0 Å². The number of nitrogens with one attached hydrogen (secondary N) is 2. The Bertz CT molecular complexity index is 1070. The molecule has 2 N–H and O–H groups in total. The zero-order chi connectivity index (χ0) is 21.2. The van der Waals surface area contributed by atoms with Crippen LogP contribution in [-0.4, -0.2) is 31.2 Å². The van der Waals surface area contributed by atoms with Gasteiger partial charge in [0.15, 0.2) is 9.84 Å². The molecule has 0 bridgehead atoms. The third-order valence-electron chi connectivity index (χ3n) is 4.50. The molecule has 1 aliphatic rings. The Hall–Kier alpha value is -2.03. The lowest BCUT2D eigenvalue weighted by Gasteiger charge is -2.23. The molecule has 2 amide bonds. The fourth-order valence-corrected chi connectivity index (χ4v) is 5.44. The van der Waals surface area contributed by atoms with E-state index in [1.54, 1.807) is 24.3 Å². The molecule has 0 spiro atoms. The van der Waals surface area contributed by atoms with E-state index in [9.17, 15) is 18.0 Å². The zero-order valence-corrected chi connectivity index (χ0v) is 18.4. The number of fused-ring (bicyclic) bond motifs is 1. The number of hydrogen-bond acceptors (Lipinski definition) is 5. The van der Waals surface area contributed by atoms with Crippen LogP contribution in [0.4, 0.5) is 11.4 Å². The second kappa shape index (κ2) is 8.77. The Labute approximate surface area is 179 Å². The van der Waals surface area contributed by atoms with Crippen molar-refractivity contribution in [3.63, 3.8) is 0 Å². The van der Waals surface area contributed by atoms with Crippen LogP contribution in [0.15, 0.2) is 46.2 Å². The Morgan fingerprint density at radius 2 is 2.00 bits per heavy atom. The third kappa shape index (κ3) is 5.12. The largest absolute Gasteiger partial charge is 0.325 e. The predicted octanol–water partition coefficient (Wildman–Crippen LogP) is 4.27. The maximum atomic E-state index is 12.7. The number of amides is 2. The van der Waals surface area contributed by atoms with Gasteiger partial charge in [-0.15, -0.1) is 11.8 Å². The van der Waals surface area contributed by atoms with Crippen LogP contribution in [0.5, 0.6) is 0 Å². The Kier molecular flexibility index (Phi) is 6.55. The van der Waals surface area contributed by atoms with Crippen LogP contribution in [0.2, 0.25) is 5.02 Å². The first-order valence-corrected chi connectivity index (χ1v) is 12.0. The van der Waals surface area contributed by atoms with Crippen LogP contribution >= 0.6 is 23.4 Å². The van der Waals surface area contributed by atoms with E-state index in [1.807, 2.05) is 13.8 Å². The van der Waals surface area contributed by atoms with Crippen LogP contribution in [0, 0.1) is 6.92 Å². The van der Waals surface area contributed by atoms with E-state index < -0.39 is 15.7 Å². The molecule has 9 heteroatoms. The summed E-state index contributed by atoms with van der Waals surface area (Å²) in [4.78, 5) is 25.1. The number of halogens is 1. The van der Waals surface area contributed by atoms with E-state index in [0.717, 1.165) is 10.5 Å². The first-order chi connectivity index (χ1) is 13.7. The minimum atomic E-state index is -3.69. The van der Waals surface area contributed by atoms with Crippen molar-refractivity contribution in [3.05, 3.63) is 47.0 Å². The highest BCUT2D eigenvalue weighted by Crippen LogP contribution is 2.38. The molecule has 0 aromatic heterocycles. The highest BCUT2D eigenvalue weighted by atomic mass is 35.5. The van der Waals surface area contributed by atoms with Crippen molar-refractivity contribution in [1.82, 2.24) is 0 Å². The SMILES string of the molecule is CC[C@H]1Sc2ccc(S(=O)(=O)CCC(=O)Nc3ccc(C)cc3Cl)cc2NC1=O. The monoisotopic (exact) mass is 452 g/mol. The summed E-state index contributed by atoms with van der Waals surface area (Å²) in [5.41, 5.74) is 1.89. The summed E-state index contributed by atoms with van der Waals surface area (Å²) in [6, 6.07) is 9.87. The maximum Gasteiger partial charge on any atom is 0.237 e. The van der Waals surface area contributed by atoms with Gasteiger partial charge < -0.3 is 10.6 Å². The number of carbonyl (C=O) groups is 2. The van der Waals surface area contributed by atoms with Crippen molar-refractivity contribution in [2.75, 3.05) is 16.4 Å². The first-order valence-electron chi connectivity index (χ1n) is 9.10. The number of benzene rings is 2. The highest BCUT2D eigenvalue weighted by molar-refractivity contribution is 8.01. The van der Waals surface area contributed by atoms with Gasteiger partial charge in [0.1, 0.15) is 0 Å². The molecule has 154 valence electrons. The van der Waals surface area contributed by atoms with Crippen LogP contribution in [0.25, 0.3) is 0 Å². The minimum absolute atomic E-state index is 0.0771. The van der Waals surface area contributed by atoms with Crippen molar-refractivity contribution in [2.45, 2.75) is 41.7 Å². The number of rotatable bonds is 6. The fraction of sp³-hybridized carbons (Fsp3) is 0.300. The molecule has 0 unspecified atom stereocenters. The van der Waals surface area contributed by atoms with Crippen LogP contribution in [0.3, 0.4) is 0 Å². The molecule has 29 heavy (non-hydrogen) atoms. The van der Waals surface area contributed by atoms with Gasteiger partial charge in [0.25, 0.3) is 0 Å². The lowest BCUT2D eigenvalue weighted by atomic mass is 10.2. The first kappa shape index (κ1) is 21.7. The molecule has 0 saturated carbocycles. The van der Waals surface area contributed by atoms with Crippen LogP contribution in [0.1, 0.15) is 25.3 Å². The molecular weight excluding hydrogens is 432 g/mol. The third-order valence-corrected chi connectivity index (χ3v) is 7.97. The Balaban J connectivity index is 1.67. The van der Waals surface area contributed by atoms with Gasteiger partial charge in [0, 0.05) is 11.3 Å². The van der Waals surface area contributed by atoms with Crippen molar-refractivity contribution >= 4 is 56.4 Å². The van der Waals surface area contributed by atoms with Crippen molar-refractivity contribution < 1.29 is 18.0 Å². The summed E-state index contributed by atoms with van der Waals surface area (Å²) < 4.78 is 25.3. The minimum Gasteiger partial charge on any atom is -0.325 e. The lowest BCUT2D eigenvalue weighted by Crippen LogP contribution is -2.28. The number of aryl methyl sites for hydroxylation is 1. The number of carbonyl (C=O) groups excluding carboxylic acids is 2. The van der Waals surface area contributed by atoms with Crippen LogP contribution in [-0.2, 0) is 19.4 Å². The van der Waals surface area contributed by atoms with E-state index in [2.05, 4.69) is 10.6 Å². The summed E-state index contributed by atoms with van der Waals surface area (Å²) in [6.45, 7) is 3.81. The van der Waals surface area contributed by atoms with Gasteiger partial charge >= 0.3 is 0 Å². The average molecular weight is 453 g/mol. The number of thioether (sulfide) groups is 1. The lowest BCUT2D eigenvalue weighted by molar-refractivity contribution is -0.116. The molecule has 1 heterocycles. The molecule has 0 aliphatic carbocycles. The molecule has 0 fully saturated rings. The summed E-state index contributed by atoms with van der Waals surface area (Å²) in [5.74, 6) is -0.916. The quantitative estimate of drug-likeness (QED) is 0.682. The summed E-state index contributed by atoms with van der Waals surface area (Å²) in [6.07, 6.45) is 0.485. The van der Waals surface area contributed by atoms with Gasteiger partial charge in [-0.25, -0.2) is 8.42 Å². The topological polar surface area (TPSA) is 92.3 Å². The average Bonchev–Trinajstić information content (AvgIpc) is 2.67. The van der Waals surface area contributed by atoms with Gasteiger partial charge in [0.2, 0.25) is 11.8 Å². The van der Waals surface area contributed by atoms with E-state index in [4.69, 9.17) is 11.6 Å². The zero-order valence-electron chi connectivity index (χ0n) is 16.0. The number of sulfone groups is 1. The molecule has 1 atom stereocenters. The summed E-state index contributed by atoms with van der Waals surface area (Å²) in [7, 11) is -3.69. The molecule has 1 aliphatic heterocycles. The second-order valence-electron chi connectivity index (χ2n) is 6.76. The van der Waals surface area contributed by atoms with E-state index in [0.29, 0.717) is 22.8 Å². The van der Waals surface area contributed by atoms with Crippen molar-refractivity contribution in [2.24, 2.45) is 0 Å². The van der Waals surface area contributed by atoms with Gasteiger partial charge in [-0.3, -0.25) is 9.59 Å². The smallest absolute Gasteiger partial charge is 0.237 e. The standard InChI is InChI=1S/C20H21ClN2O4S2/c1-3-17-20(25)23-16-11-13(5-7-18(16)28-17)29(26,27)9-8-19(24)22-15-6-4-12(2)10-14(15)21/h4-7,10-11,17H,3,8-9H2,1-2H3,(H,22,24)(H,23,25)/t17-/m1/s1. The maximum absolute atomic E-state index is 12.7. The van der Waals surface area contributed by atoms with E-state index in [1.165, 1.54) is 23.9 Å². The van der Waals surface area contributed by atoms with Gasteiger partial charge in [0.05, 0.1) is 32.3 Å². The number of anilines is 2. The highest BCUT2D eigenvalue weighted by Gasteiger charge is 2.27. The molecule has 2 aromatic rings. The predicted molar refractivity (Wildman–Crippen MR) is 116 cm³/mol. The van der Waals surface area contributed by atoms with Gasteiger partial charge in [-0.1, -0.05) is 24.6 Å². The fourth-order valence-electron chi connectivity index (χ4n) is 2.87. The normalized spacial score (nSPS) is 16.1. The van der Waals surface area contributed by atoms with Crippen molar-refractivity contribution in [1.29, 1.82) is 0 Å². The van der Waals surface area contributed by atoms with E-state index >= 15 is 0 Å². The molecule has 3 rings (SSSR count).